The number of amides is 1. The molecule has 0 bridgehead atoms. The van der Waals surface area contributed by atoms with Gasteiger partial charge in [0.05, 0.1) is 18.5 Å². The van der Waals surface area contributed by atoms with E-state index in [1.807, 2.05) is 13.0 Å². The topological polar surface area (TPSA) is 128 Å². The molecule has 0 aliphatic heterocycles. The zero-order valence-electron chi connectivity index (χ0n) is 12.7. The van der Waals surface area contributed by atoms with E-state index < -0.39 is 21.6 Å². The predicted molar refractivity (Wildman–Crippen MR) is 84.4 cm³/mol. The van der Waals surface area contributed by atoms with Crippen LogP contribution in [0.15, 0.2) is 29.1 Å². The summed E-state index contributed by atoms with van der Waals surface area (Å²) in [5.41, 5.74) is 0.813. The molecule has 1 aromatic carbocycles. The highest BCUT2D eigenvalue weighted by Crippen LogP contribution is 2.18. The lowest BCUT2D eigenvalue weighted by Crippen LogP contribution is -2.40. The first-order chi connectivity index (χ1) is 10.8. The third-order valence-corrected chi connectivity index (χ3v) is 4.12. The van der Waals surface area contributed by atoms with Crippen LogP contribution >= 0.6 is 0 Å². The van der Waals surface area contributed by atoms with Crippen molar-refractivity contribution in [1.82, 2.24) is 20.5 Å². The van der Waals surface area contributed by atoms with Gasteiger partial charge in [0.15, 0.2) is 0 Å². The van der Waals surface area contributed by atoms with Crippen LogP contribution in [0.5, 0.6) is 0 Å². The van der Waals surface area contributed by atoms with Crippen molar-refractivity contribution in [3.8, 4) is 0 Å². The van der Waals surface area contributed by atoms with Gasteiger partial charge < -0.3 is 5.32 Å². The van der Waals surface area contributed by atoms with Gasteiger partial charge in [0.25, 0.3) is 0 Å². The summed E-state index contributed by atoms with van der Waals surface area (Å²) >= 11 is 0. The molecule has 1 heterocycles. The van der Waals surface area contributed by atoms with Crippen molar-refractivity contribution < 1.29 is 13.2 Å². The van der Waals surface area contributed by atoms with Gasteiger partial charge in [-0.15, -0.1) is 0 Å². The summed E-state index contributed by atoms with van der Waals surface area (Å²) in [7, 11) is -3.62. The van der Waals surface area contributed by atoms with Crippen LogP contribution in [0.1, 0.15) is 11.4 Å². The van der Waals surface area contributed by atoms with Crippen LogP contribution in [-0.4, -0.2) is 42.3 Å². The second-order valence-electron chi connectivity index (χ2n) is 5.01. The molecule has 23 heavy (non-hydrogen) atoms. The number of H-pyrrole nitrogens is 2. The molecule has 0 spiro atoms. The zero-order valence-corrected chi connectivity index (χ0v) is 13.5. The smallest absolute Gasteiger partial charge is 0.340 e. The summed E-state index contributed by atoms with van der Waals surface area (Å²) in [5.74, 6) is -0.259. The van der Waals surface area contributed by atoms with Crippen molar-refractivity contribution in [2.24, 2.45) is 0 Å². The van der Waals surface area contributed by atoms with Gasteiger partial charge in [0, 0.05) is 0 Å². The number of sulfonamides is 1. The maximum atomic E-state index is 12.0. The van der Waals surface area contributed by atoms with Crippen molar-refractivity contribution in [3.05, 3.63) is 46.1 Å². The number of rotatable bonds is 6. The van der Waals surface area contributed by atoms with E-state index in [1.54, 1.807) is 18.2 Å². The third-order valence-electron chi connectivity index (χ3n) is 2.98. The van der Waals surface area contributed by atoms with Crippen molar-refractivity contribution >= 4 is 21.6 Å². The Kier molecular flexibility index (Phi) is 4.84. The number of nitrogens with one attached hydrogen (secondary N) is 3. The second-order valence-corrected chi connectivity index (χ2v) is 6.92. The van der Waals surface area contributed by atoms with Crippen molar-refractivity contribution in [3.63, 3.8) is 0 Å². The largest absolute Gasteiger partial charge is 0.347 e. The molecule has 2 aromatic rings. The van der Waals surface area contributed by atoms with E-state index >= 15 is 0 Å². The Bertz CT molecular complexity index is 855. The fourth-order valence-corrected chi connectivity index (χ4v) is 2.79. The first-order valence-electron chi connectivity index (χ1n) is 6.70. The minimum absolute atomic E-state index is 0.0109. The van der Waals surface area contributed by atoms with Gasteiger partial charge in [-0.2, -0.15) is 5.10 Å². The summed E-state index contributed by atoms with van der Waals surface area (Å²) in [4.78, 5) is 25.3. The van der Waals surface area contributed by atoms with Crippen molar-refractivity contribution in [2.45, 2.75) is 13.5 Å². The molecule has 1 aromatic heterocycles. The highest BCUT2D eigenvalue weighted by atomic mass is 32.2. The van der Waals surface area contributed by atoms with Gasteiger partial charge in [0.1, 0.15) is 12.4 Å². The van der Waals surface area contributed by atoms with Gasteiger partial charge in [-0.1, -0.05) is 12.1 Å². The standard InChI is InChI=1S/C13H17N5O4S/c1-9-4-3-5-10(6-9)18(23(2,21)22)8-12(19)14-7-11-15-13(20)17-16-11/h3-6H,7-8H2,1-2H3,(H,14,19)(H2,15,16,17,20). The van der Waals surface area contributed by atoms with E-state index in [0.717, 1.165) is 16.1 Å². The lowest BCUT2D eigenvalue weighted by atomic mass is 10.2. The van der Waals surface area contributed by atoms with E-state index in [-0.39, 0.29) is 18.9 Å². The third kappa shape index (κ3) is 4.68. The number of aromatic amines is 2. The number of hydrogen-bond acceptors (Lipinski definition) is 5. The van der Waals surface area contributed by atoms with Gasteiger partial charge in [0.2, 0.25) is 15.9 Å². The number of nitrogens with zero attached hydrogens (tertiary/aromatic N) is 2. The van der Waals surface area contributed by atoms with Gasteiger partial charge in [-0.3, -0.25) is 14.1 Å². The van der Waals surface area contributed by atoms with Crippen LogP contribution in [0.2, 0.25) is 0 Å². The lowest BCUT2D eigenvalue weighted by Gasteiger charge is -2.22. The maximum Gasteiger partial charge on any atom is 0.340 e. The first kappa shape index (κ1) is 16.7. The molecule has 0 saturated carbocycles. The Hall–Kier alpha value is -2.62. The summed E-state index contributed by atoms with van der Waals surface area (Å²) in [6, 6.07) is 6.85. The molecular formula is C13H17N5O4S. The summed E-state index contributed by atoms with van der Waals surface area (Å²) < 4.78 is 24.9. The Labute approximate surface area is 132 Å². The van der Waals surface area contributed by atoms with Crippen LogP contribution in [0, 0.1) is 6.92 Å². The van der Waals surface area contributed by atoms with Crippen LogP contribution in [0.25, 0.3) is 0 Å². The molecule has 124 valence electrons. The maximum absolute atomic E-state index is 12.0. The number of carbonyl (C=O) groups excluding carboxylic acids is 1. The normalized spacial score (nSPS) is 11.2. The Morgan fingerprint density at radius 3 is 2.70 bits per heavy atom. The summed E-state index contributed by atoms with van der Waals surface area (Å²) in [6.45, 7) is 1.46. The van der Waals surface area contributed by atoms with E-state index in [1.165, 1.54) is 0 Å². The van der Waals surface area contributed by atoms with Crippen LogP contribution in [0.4, 0.5) is 5.69 Å². The van der Waals surface area contributed by atoms with E-state index in [4.69, 9.17) is 0 Å². The predicted octanol–water partition coefficient (Wildman–Crippen LogP) is -0.511. The van der Waals surface area contributed by atoms with Crippen molar-refractivity contribution in [2.75, 3.05) is 17.1 Å². The minimum Gasteiger partial charge on any atom is -0.347 e. The lowest BCUT2D eigenvalue weighted by molar-refractivity contribution is -0.119. The average molecular weight is 339 g/mol. The molecule has 0 atom stereocenters. The SMILES string of the molecule is Cc1cccc(N(CC(=O)NCc2n[nH]c(=O)[nH]2)S(C)(=O)=O)c1. The average Bonchev–Trinajstić information content (AvgIpc) is 2.87. The Morgan fingerprint density at radius 1 is 1.39 bits per heavy atom. The molecule has 3 N–H and O–H groups in total. The van der Waals surface area contributed by atoms with Crippen LogP contribution < -0.4 is 15.3 Å². The number of anilines is 1. The Morgan fingerprint density at radius 2 is 2.13 bits per heavy atom. The molecule has 0 unspecified atom stereocenters. The number of carbonyl (C=O) groups is 1. The Balaban J connectivity index is 2.09. The molecule has 0 aliphatic rings. The molecule has 0 fully saturated rings. The molecule has 1 amide bonds. The number of aryl methyl sites for hydroxylation is 1. The molecule has 10 heteroatoms. The highest BCUT2D eigenvalue weighted by Gasteiger charge is 2.20. The fourth-order valence-electron chi connectivity index (χ4n) is 1.94. The highest BCUT2D eigenvalue weighted by molar-refractivity contribution is 7.92. The molecule has 2 rings (SSSR count). The molecule has 0 saturated heterocycles. The summed E-state index contributed by atoms with van der Waals surface area (Å²) in [5, 5.41) is 8.32. The van der Waals surface area contributed by atoms with E-state index in [9.17, 15) is 18.0 Å². The van der Waals surface area contributed by atoms with Crippen LogP contribution in [0.3, 0.4) is 0 Å². The number of aromatic nitrogens is 3. The first-order valence-corrected chi connectivity index (χ1v) is 8.55. The van der Waals surface area contributed by atoms with E-state index in [2.05, 4.69) is 20.5 Å². The van der Waals surface area contributed by atoms with Gasteiger partial charge in [-0.25, -0.2) is 18.3 Å². The van der Waals surface area contributed by atoms with E-state index in [0.29, 0.717) is 5.69 Å². The fraction of sp³-hybridized carbons (Fsp3) is 0.308. The number of hydrogen-bond donors (Lipinski definition) is 3. The molecular weight excluding hydrogens is 322 g/mol. The quantitative estimate of drug-likeness (QED) is 0.653. The molecule has 0 aliphatic carbocycles. The minimum atomic E-state index is -3.62. The summed E-state index contributed by atoms with van der Waals surface area (Å²) in [6.07, 6.45) is 1.04. The van der Waals surface area contributed by atoms with Gasteiger partial charge in [-0.05, 0) is 24.6 Å². The second kappa shape index (κ2) is 6.65. The molecule has 0 radical (unpaired) electrons. The van der Waals surface area contributed by atoms with Crippen LogP contribution in [-0.2, 0) is 21.4 Å². The van der Waals surface area contributed by atoms with Crippen molar-refractivity contribution in [1.29, 1.82) is 0 Å². The zero-order chi connectivity index (χ0) is 17.0. The molecule has 9 nitrogen and oxygen atoms in total. The number of benzene rings is 1. The van der Waals surface area contributed by atoms with Gasteiger partial charge >= 0.3 is 5.69 Å². The monoisotopic (exact) mass is 339 g/mol.